The normalized spacial score (nSPS) is 19.9. The standard InChI is InChI=1S/C11H20N2O/c1-2-12-7-8-13-11(14)9-10-5-3-4-6-10/h3,5,10,12H,2,4,6-9H2,1H3,(H,13,14). The first-order valence-corrected chi connectivity index (χ1v) is 5.47. The summed E-state index contributed by atoms with van der Waals surface area (Å²) in [6.07, 6.45) is 7.25. The minimum atomic E-state index is 0.180. The van der Waals surface area contributed by atoms with Crippen LogP contribution in [0.3, 0.4) is 0 Å². The molecule has 0 aromatic carbocycles. The molecule has 1 unspecified atom stereocenters. The van der Waals surface area contributed by atoms with Crippen LogP contribution >= 0.6 is 0 Å². The van der Waals surface area contributed by atoms with E-state index in [4.69, 9.17) is 0 Å². The van der Waals surface area contributed by atoms with E-state index in [1.54, 1.807) is 0 Å². The maximum absolute atomic E-state index is 11.4. The van der Waals surface area contributed by atoms with E-state index >= 15 is 0 Å². The van der Waals surface area contributed by atoms with Crippen molar-refractivity contribution >= 4 is 5.91 Å². The molecule has 1 aliphatic carbocycles. The lowest BCUT2D eigenvalue weighted by molar-refractivity contribution is -0.121. The number of allylic oxidation sites excluding steroid dienone is 2. The Morgan fingerprint density at radius 1 is 1.50 bits per heavy atom. The van der Waals surface area contributed by atoms with E-state index in [1.807, 2.05) is 0 Å². The third-order valence-corrected chi connectivity index (χ3v) is 2.43. The average molecular weight is 196 g/mol. The van der Waals surface area contributed by atoms with Gasteiger partial charge in [-0.15, -0.1) is 0 Å². The largest absolute Gasteiger partial charge is 0.355 e. The van der Waals surface area contributed by atoms with Crippen LogP contribution in [0.4, 0.5) is 0 Å². The molecule has 0 aromatic heterocycles. The van der Waals surface area contributed by atoms with Gasteiger partial charge in [-0.05, 0) is 25.3 Å². The van der Waals surface area contributed by atoms with Crippen LogP contribution in [0.15, 0.2) is 12.2 Å². The lowest BCUT2D eigenvalue weighted by Gasteiger charge is -2.08. The van der Waals surface area contributed by atoms with Gasteiger partial charge in [0.1, 0.15) is 0 Å². The quantitative estimate of drug-likeness (QED) is 0.493. The van der Waals surface area contributed by atoms with Gasteiger partial charge in [-0.3, -0.25) is 4.79 Å². The Labute approximate surface area is 86.0 Å². The fraction of sp³-hybridized carbons (Fsp3) is 0.727. The minimum Gasteiger partial charge on any atom is -0.355 e. The van der Waals surface area contributed by atoms with Crippen LogP contribution in [0.5, 0.6) is 0 Å². The second-order valence-corrected chi connectivity index (χ2v) is 3.67. The Morgan fingerprint density at radius 3 is 3.00 bits per heavy atom. The second kappa shape index (κ2) is 6.60. The molecule has 1 rings (SSSR count). The van der Waals surface area contributed by atoms with Gasteiger partial charge in [-0.2, -0.15) is 0 Å². The molecule has 14 heavy (non-hydrogen) atoms. The van der Waals surface area contributed by atoms with Crippen LogP contribution in [-0.2, 0) is 4.79 Å². The molecule has 0 bridgehead atoms. The van der Waals surface area contributed by atoms with E-state index in [2.05, 4.69) is 29.7 Å². The number of hydrogen-bond donors (Lipinski definition) is 2. The molecule has 1 amide bonds. The van der Waals surface area contributed by atoms with Gasteiger partial charge >= 0.3 is 0 Å². The minimum absolute atomic E-state index is 0.180. The fourth-order valence-electron chi connectivity index (χ4n) is 1.64. The van der Waals surface area contributed by atoms with Crippen LogP contribution < -0.4 is 10.6 Å². The summed E-state index contributed by atoms with van der Waals surface area (Å²) in [4.78, 5) is 11.4. The molecule has 2 N–H and O–H groups in total. The molecule has 80 valence electrons. The summed E-state index contributed by atoms with van der Waals surface area (Å²) >= 11 is 0. The van der Waals surface area contributed by atoms with Gasteiger partial charge in [0.2, 0.25) is 5.91 Å². The Morgan fingerprint density at radius 2 is 2.36 bits per heavy atom. The molecule has 3 nitrogen and oxygen atoms in total. The Bertz CT molecular complexity index is 201. The number of likely N-dealkylation sites (N-methyl/N-ethyl adjacent to an activating group) is 1. The molecule has 0 spiro atoms. The van der Waals surface area contributed by atoms with Crippen molar-refractivity contribution in [2.24, 2.45) is 5.92 Å². The summed E-state index contributed by atoms with van der Waals surface area (Å²) in [6.45, 7) is 4.62. The number of amides is 1. The van der Waals surface area contributed by atoms with E-state index in [9.17, 15) is 4.79 Å². The predicted octanol–water partition coefficient (Wildman–Crippen LogP) is 1.07. The maximum atomic E-state index is 11.4. The molecule has 0 radical (unpaired) electrons. The third-order valence-electron chi connectivity index (χ3n) is 2.43. The molecule has 0 heterocycles. The lowest BCUT2D eigenvalue weighted by Crippen LogP contribution is -2.32. The van der Waals surface area contributed by atoms with E-state index in [0.717, 1.165) is 32.5 Å². The van der Waals surface area contributed by atoms with Crippen LogP contribution in [-0.4, -0.2) is 25.5 Å². The summed E-state index contributed by atoms with van der Waals surface area (Å²) in [7, 11) is 0. The van der Waals surface area contributed by atoms with Gasteiger partial charge in [-0.25, -0.2) is 0 Å². The molecule has 0 aromatic rings. The van der Waals surface area contributed by atoms with Crippen molar-refractivity contribution in [1.82, 2.24) is 10.6 Å². The first-order valence-electron chi connectivity index (χ1n) is 5.47. The summed E-state index contributed by atoms with van der Waals surface area (Å²) in [5, 5.41) is 6.08. The monoisotopic (exact) mass is 196 g/mol. The maximum Gasteiger partial charge on any atom is 0.220 e. The van der Waals surface area contributed by atoms with E-state index in [-0.39, 0.29) is 5.91 Å². The Hall–Kier alpha value is -0.830. The zero-order valence-corrected chi connectivity index (χ0v) is 8.88. The van der Waals surface area contributed by atoms with E-state index < -0.39 is 0 Å². The molecule has 3 heteroatoms. The van der Waals surface area contributed by atoms with Gasteiger partial charge in [0.25, 0.3) is 0 Å². The molecular weight excluding hydrogens is 176 g/mol. The van der Waals surface area contributed by atoms with Gasteiger partial charge in [-0.1, -0.05) is 19.1 Å². The highest BCUT2D eigenvalue weighted by atomic mass is 16.1. The number of carbonyl (C=O) groups excluding carboxylic acids is 1. The highest BCUT2D eigenvalue weighted by molar-refractivity contribution is 5.76. The van der Waals surface area contributed by atoms with Gasteiger partial charge in [0.15, 0.2) is 0 Å². The lowest BCUT2D eigenvalue weighted by atomic mass is 10.1. The summed E-state index contributed by atoms with van der Waals surface area (Å²) in [6, 6.07) is 0. The zero-order chi connectivity index (χ0) is 10.2. The third kappa shape index (κ3) is 4.42. The molecule has 0 saturated carbocycles. The predicted molar refractivity (Wildman–Crippen MR) is 58.0 cm³/mol. The number of hydrogen-bond acceptors (Lipinski definition) is 2. The highest BCUT2D eigenvalue weighted by Crippen LogP contribution is 2.19. The van der Waals surface area contributed by atoms with E-state index in [0.29, 0.717) is 12.3 Å². The van der Waals surface area contributed by atoms with Gasteiger partial charge in [0.05, 0.1) is 0 Å². The molecule has 1 aliphatic rings. The molecule has 0 fully saturated rings. The van der Waals surface area contributed by atoms with Crippen molar-refractivity contribution < 1.29 is 4.79 Å². The summed E-state index contributed by atoms with van der Waals surface area (Å²) in [5.74, 6) is 0.661. The Kier molecular flexibility index (Phi) is 5.30. The molecular formula is C11H20N2O. The topological polar surface area (TPSA) is 41.1 Å². The molecule has 1 atom stereocenters. The van der Waals surface area contributed by atoms with Crippen molar-refractivity contribution in [3.8, 4) is 0 Å². The van der Waals surface area contributed by atoms with Crippen molar-refractivity contribution in [1.29, 1.82) is 0 Å². The van der Waals surface area contributed by atoms with Crippen LogP contribution in [0.1, 0.15) is 26.2 Å². The van der Waals surface area contributed by atoms with E-state index in [1.165, 1.54) is 0 Å². The molecule has 0 saturated heterocycles. The highest BCUT2D eigenvalue weighted by Gasteiger charge is 2.12. The van der Waals surface area contributed by atoms with Crippen molar-refractivity contribution in [2.45, 2.75) is 26.2 Å². The smallest absolute Gasteiger partial charge is 0.220 e. The first-order chi connectivity index (χ1) is 6.83. The molecule has 0 aliphatic heterocycles. The second-order valence-electron chi connectivity index (χ2n) is 3.67. The number of nitrogens with one attached hydrogen (secondary N) is 2. The SMILES string of the molecule is CCNCCNC(=O)CC1C=CCC1. The zero-order valence-electron chi connectivity index (χ0n) is 8.88. The van der Waals surface area contributed by atoms with Crippen molar-refractivity contribution in [2.75, 3.05) is 19.6 Å². The number of carbonyl (C=O) groups is 1. The van der Waals surface area contributed by atoms with Gasteiger partial charge < -0.3 is 10.6 Å². The average Bonchev–Trinajstić information content (AvgIpc) is 2.65. The van der Waals surface area contributed by atoms with Crippen molar-refractivity contribution in [3.05, 3.63) is 12.2 Å². The van der Waals surface area contributed by atoms with Crippen LogP contribution in [0, 0.1) is 5.92 Å². The van der Waals surface area contributed by atoms with Gasteiger partial charge in [0, 0.05) is 19.5 Å². The van der Waals surface area contributed by atoms with Crippen LogP contribution in [0.2, 0.25) is 0 Å². The van der Waals surface area contributed by atoms with Crippen molar-refractivity contribution in [3.63, 3.8) is 0 Å². The Balaban J connectivity index is 2.01. The fourth-order valence-corrected chi connectivity index (χ4v) is 1.64. The number of rotatable bonds is 6. The summed E-state index contributed by atoms with van der Waals surface area (Å²) < 4.78 is 0. The summed E-state index contributed by atoms with van der Waals surface area (Å²) in [5.41, 5.74) is 0. The first kappa shape index (κ1) is 11.2. The van der Waals surface area contributed by atoms with Crippen LogP contribution in [0.25, 0.3) is 0 Å².